The fourth-order valence-electron chi connectivity index (χ4n) is 2.40. The number of likely N-dealkylation sites (N-methyl/N-ethyl adjacent to an activating group) is 1. The van der Waals surface area contributed by atoms with Crippen molar-refractivity contribution in [3.8, 4) is 0 Å². The fourth-order valence-corrected chi connectivity index (χ4v) is 2.40. The molecule has 34 heavy (non-hydrogen) atoms. The number of hydrogen-bond donors (Lipinski definition) is 1. The van der Waals surface area contributed by atoms with Gasteiger partial charge in [0.15, 0.2) is 0 Å². The van der Waals surface area contributed by atoms with Gasteiger partial charge in [-0.05, 0) is 0 Å². The Morgan fingerprint density at radius 1 is 0.971 bits per heavy atom. The number of esters is 2. The van der Waals surface area contributed by atoms with Gasteiger partial charge in [0.25, 0.3) is 0 Å². The number of carbonyl (C=O) groups is 3. The third kappa shape index (κ3) is 8.48. The number of quaternary nitrogens is 1. The number of alkyl halides is 9. The van der Waals surface area contributed by atoms with E-state index in [0.29, 0.717) is 0 Å². The average molecular weight is 522 g/mol. The van der Waals surface area contributed by atoms with Crippen molar-refractivity contribution in [2.24, 2.45) is 0 Å². The normalized spacial score (nSPS) is 14.5. The number of methoxy groups -OCH3 is 1. The highest BCUT2D eigenvalue weighted by Gasteiger charge is 2.81. The molecule has 0 amide bonds. The first-order chi connectivity index (χ1) is 15.1. The lowest BCUT2D eigenvalue weighted by Crippen LogP contribution is -2.61. The number of carbonyl (C=O) groups excluding carboxylic acids is 3. The molecular formula is C17H23F9N2O6. The largest absolute Gasteiger partial charge is 0.544 e. The van der Waals surface area contributed by atoms with Gasteiger partial charge in [0.2, 0.25) is 0 Å². The van der Waals surface area contributed by atoms with E-state index in [9.17, 15) is 59.0 Å². The van der Waals surface area contributed by atoms with Crippen LogP contribution in [0.3, 0.4) is 0 Å². The second-order valence-corrected chi connectivity index (χ2v) is 7.74. The first kappa shape index (κ1) is 31.7. The first-order valence-corrected chi connectivity index (χ1v) is 9.30. The number of ether oxygens (including phenoxy) is 2. The van der Waals surface area contributed by atoms with Crippen LogP contribution < -0.4 is 10.4 Å². The molecule has 0 aromatic carbocycles. The smallest absolute Gasteiger partial charge is 0.460 e. The van der Waals surface area contributed by atoms with Crippen molar-refractivity contribution in [1.82, 2.24) is 5.32 Å². The molecule has 0 bridgehead atoms. The summed E-state index contributed by atoms with van der Waals surface area (Å²) < 4.78 is 124. The Hall–Kier alpha value is -2.30. The molecule has 17 heteroatoms. The van der Waals surface area contributed by atoms with Crippen molar-refractivity contribution >= 4 is 17.9 Å². The van der Waals surface area contributed by atoms with Gasteiger partial charge in [0.05, 0.1) is 53.2 Å². The van der Waals surface area contributed by atoms with Crippen LogP contribution in [-0.2, 0) is 23.9 Å². The van der Waals surface area contributed by atoms with E-state index in [1.54, 1.807) is 0 Å². The minimum Gasteiger partial charge on any atom is -0.544 e. The van der Waals surface area contributed by atoms with E-state index in [-0.39, 0.29) is 17.6 Å². The van der Waals surface area contributed by atoms with Crippen molar-refractivity contribution in [2.75, 3.05) is 47.4 Å². The van der Waals surface area contributed by atoms with Crippen molar-refractivity contribution in [3.63, 3.8) is 0 Å². The number of aliphatic carboxylic acids is 1. The molecular weight excluding hydrogens is 499 g/mol. The number of nitrogens with zero attached hydrogens (tertiary/aromatic N) is 1. The summed E-state index contributed by atoms with van der Waals surface area (Å²) >= 11 is 0. The van der Waals surface area contributed by atoms with Gasteiger partial charge in [-0.25, -0.2) is 0 Å². The zero-order valence-electron chi connectivity index (χ0n) is 18.1. The molecule has 1 N–H and O–H groups in total. The van der Waals surface area contributed by atoms with E-state index in [1.807, 2.05) is 0 Å². The molecule has 0 saturated carbocycles. The summed E-state index contributed by atoms with van der Waals surface area (Å²) in [7, 11) is 3.85. The molecule has 0 rings (SSSR count). The maximum Gasteiger partial charge on any atom is 0.460 e. The second-order valence-electron chi connectivity index (χ2n) is 7.74. The Balaban J connectivity index is 5.18. The molecule has 8 nitrogen and oxygen atoms in total. The lowest BCUT2D eigenvalue weighted by molar-refractivity contribution is -0.883. The van der Waals surface area contributed by atoms with E-state index in [4.69, 9.17) is 0 Å². The summed E-state index contributed by atoms with van der Waals surface area (Å²) in [6.45, 7) is -2.28. The van der Waals surface area contributed by atoms with Crippen LogP contribution in [0, 0.1) is 0 Å². The molecule has 0 aromatic heterocycles. The first-order valence-electron chi connectivity index (χ1n) is 9.30. The molecule has 1 atom stereocenters. The third-order valence-corrected chi connectivity index (χ3v) is 4.42. The van der Waals surface area contributed by atoms with Crippen LogP contribution >= 0.6 is 0 Å². The minimum absolute atomic E-state index is 0.0236. The molecule has 0 aromatic rings. The van der Waals surface area contributed by atoms with Crippen LogP contribution in [0.25, 0.3) is 0 Å². The highest BCUT2D eigenvalue weighted by atomic mass is 19.4. The Bertz CT molecular complexity index is 729. The summed E-state index contributed by atoms with van der Waals surface area (Å²) in [4.78, 5) is 34.2. The van der Waals surface area contributed by atoms with Gasteiger partial charge in [-0.2, -0.15) is 39.5 Å². The van der Waals surface area contributed by atoms with Gasteiger partial charge in [-0.3, -0.25) is 14.9 Å². The van der Waals surface area contributed by atoms with Crippen LogP contribution in [-0.4, -0.2) is 99.8 Å². The molecule has 0 aliphatic carbocycles. The van der Waals surface area contributed by atoms with Gasteiger partial charge in [-0.1, -0.05) is 0 Å². The zero-order valence-corrected chi connectivity index (χ0v) is 18.1. The third-order valence-electron chi connectivity index (χ3n) is 4.42. The Labute approximate surface area is 187 Å². The average Bonchev–Trinajstić information content (AvgIpc) is 2.64. The highest BCUT2D eigenvalue weighted by molar-refractivity contribution is 5.82. The van der Waals surface area contributed by atoms with Crippen molar-refractivity contribution in [2.45, 2.75) is 42.8 Å². The number of rotatable bonds is 14. The van der Waals surface area contributed by atoms with Gasteiger partial charge in [-0.15, -0.1) is 0 Å². The quantitative estimate of drug-likeness (QED) is 0.204. The number of halogens is 9. The molecule has 1 unspecified atom stereocenters. The Morgan fingerprint density at radius 2 is 1.50 bits per heavy atom. The van der Waals surface area contributed by atoms with Crippen LogP contribution in [0.5, 0.6) is 0 Å². The van der Waals surface area contributed by atoms with E-state index in [0.717, 1.165) is 7.11 Å². The number of carboxylic acid groups (broad SMARTS) is 1. The van der Waals surface area contributed by atoms with E-state index in [1.165, 1.54) is 14.1 Å². The fraction of sp³-hybridized carbons (Fsp3) is 0.824. The van der Waals surface area contributed by atoms with Crippen LogP contribution in [0.15, 0.2) is 0 Å². The summed E-state index contributed by atoms with van der Waals surface area (Å²) in [6.07, 6.45) is -10.1. The summed E-state index contributed by atoms with van der Waals surface area (Å²) in [5.74, 6) is -23.8. The Kier molecular flexibility index (Phi) is 10.6. The van der Waals surface area contributed by atoms with E-state index < -0.39 is 73.9 Å². The minimum atomic E-state index is -7.07. The van der Waals surface area contributed by atoms with E-state index >= 15 is 0 Å². The monoisotopic (exact) mass is 522 g/mol. The molecule has 200 valence electrons. The van der Waals surface area contributed by atoms with Crippen molar-refractivity contribution < 1.29 is 73.0 Å². The molecule has 0 saturated heterocycles. The van der Waals surface area contributed by atoms with Gasteiger partial charge in [0.1, 0.15) is 12.6 Å². The number of carboxylic acids is 1. The molecule has 0 heterocycles. The maximum absolute atomic E-state index is 13.5. The summed E-state index contributed by atoms with van der Waals surface area (Å²) in [5, 5.41) is 13.1. The maximum atomic E-state index is 13.5. The molecule has 0 fully saturated rings. The number of nitrogens with one attached hydrogen (secondary N) is 1. The predicted molar refractivity (Wildman–Crippen MR) is 91.7 cm³/mol. The van der Waals surface area contributed by atoms with Crippen molar-refractivity contribution in [1.29, 1.82) is 0 Å². The standard InChI is InChI=1S/C17H23F9N2O6/c1-28(2,9-11(29)30)6-5-27-10(8-12(31)33-3)13(32)34-7-4-14(18,19)15(20,21)16(22,23)17(24,25)26/h10,27H,4-9H2,1-3H3. The lowest BCUT2D eigenvalue weighted by atomic mass is 10.0. The zero-order chi connectivity index (χ0) is 27.2. The highest BCUT2D eigenvalue weighted by Crippen LogP contribution is 2.53. The molecule has 0 radical (unpaired) electrons. The van der Waals surface area contributed by atoms with Crippen LogP contribution in [0.2, 0.25) is 0 Å². The van der Waals surface area contributed by atoms with Gasteiger partial charge >= 0.3 is 35.9 Å². The second kappa shape index (κ2) is 11.4. The lowest BCUT2D eigenvalue weighted by Gasteiger charge is -2.33. The van der Waals surface area contributed by atoms with E-state index in [2.05, 4.69) is 14.8 Å². The molecule has 0 aliphatic heterocycles. The topological polar surface area (TPSA) is 105 Å². The van der Waals surface area contributed by atoms with Crippen molar-refractivity contribution in [3.05, 3.63) is 0 Å². The summed E-state index contributed by atoms with van der Waals surface area (Å²) in [5.41, 5.74) is 0. The van der Waals surface area contributed by atoms with Crippen LogP contribution in [0.1, 0.15) is 12.8 Å². The molecule has 0 spiro atoms. The molecule has 0 aliphatic rings. The Morgan fingerprint density at radius 3 is 1.94 bits per heavy atom. The van der Waals surface area contributed by atoms with Gasteiger partial charge in [0, 0.05) is 6.54 Å². The van der Waals surface area contributed by atoms with Gasteiger partial charge < -0.3 is 23.9 Å². The summed E-state index contributed by atoms with van der Waals surface area (Å²) in [6, 6.07) is -1.62. The SMILES string of the molecule is COC(=O)CC(NCC[N+](C)(C)CC(=O)[O-])C(=O)OCCC(F)(F)C(F)(F)C(F)(F)C(F)(F)F. The predicted octanol–water partition coefficient (Wildman–Crippen LogP) is 0.736. The van der Waals surface area contributed by atoms with Crippen LogP contribution in [0.4, 0.5) is 39.5 Å². The number of hydrogen-bond acceptors (Lipinski definition) is 7.